The molecule has 6 heteroatoms. The molecule has 2 aliphatic heterocycles. The van der Waals surface area contributed by atoms with Crippen molar-refractivity contribution in [1.29, 1.82) is 0 Å². The van der Waals surface area contributed by atoms with E-state index in [1.807, 2.05) is 66.7 Å². The van der Waals surface area contributed by atoms with E-state index in [4.69, 9.17) is 4.74 Å². The van der Waals surface area contributed by atoms with Gasteiger partial charge >= 0.3 is 6.03 Å². The van der Waals surface area contributed by atoms with Gasteiger partial charge in [0.1, 0.15) is 16.9 Å². The van der Waals surface area contributed by atoms with Crippen LogP contribution in [0.15, 0.2) is 78.9 Å². The van der Waals surface area contributed by atoms with Crippen LogP contribution >= 0.6 is 0 Å². The van der Waals surface area contributed by atoms with E-state index in [9.17, 15) is 9.59 Å². The van der Waals surface area contributed by atoms with Gasteiger partial charge in [-0.2, -0.15) is 0 Å². The second-order valence-corrected chi connectivity index (χ2v) is 8.81. The highest BCUT2D eigenvalue weighted by atomic mass is 16.5. The monoisotopic (exact) mass is 455 g/mol. The van der Waals surface area contributed by atoms with Crippen LogP contribution in [0.25, 0.3) is 0 Å². The van der Waals surface area contributed by atoms with Crippen molar-refractivity contribution in [3.8, 4) is 11.5 Å². The first-order chi connectivity index (χ1) is 16.7. The zero-order valence-electron chi connectivity index (χ0n) is 19.1. The van der Waals surface area contributed by atoms with Crippen LogP contribution in [0.4, 0.5) is 4.79 Å². The molecule has 6 nitrogen and oxygen atoms in total. The third-order valence-electron chi connectivity index (χ3n) is 6.77. The van der Waals surface area contributed by atoms with Gasteiger partial charge in [-0.05, 0) is 37.0 Å². The number of para-hydroxylation sites is 2. The third-order valence-corrected chi connectivity index (χ3v) is 6.77. The van der Waals surface area contributed by atoms with Crippen LogP contribution in [0.1, 0.15) is 29.5 Å². The number of amides is 3. The average Bonchev–Trinajstić information content (AvgIpc) is 3.28. The highest BCUT2D eigenvalue weighted by Crippen LogP contribution is 2.50. The van der Waals surface area contributed by atoms with Crippen LogP contribution in [-0.2, 0) is 16.6 Å². The largest absolute Gasteiger partial charge is 0.457 e. The minimum atomic E-state index is -0.868. The van der Waals surface area contributed by atoms with Crippen molar-refractivity contribution in [2.24, 2.45) is 0 Å². The molecule has 34 heavy (non-hydrogen) atoms. The van der Waals surface area contributed by atoms with E-state index in [0.717, 1.165) is 35.5 Å². The maximum absolute atomic E-state index is 14.1. The lowest BCUT2D eigenvalue weighted by atomic mass is 9.68. The predicted octanol–water partition coefficient (Wildman–Crippen LogP) is 4.24. The lowest BCUT2D eigenvalue weighted by Crippen LogP contribution is -2.49. The third kappa shape index (κ3) is 4.12. The highest BCUT2D eigenvalue weighted by molar-refractivity contribution is 5.94. The molecule has 0 atom stereocenters. The Labute approximate surface area is 199 Å². The minimum Gasteiger partial charge on any atom is -0.457 e. The molecule has 5 rings (SSSR count). The molecule has 174 valence electrons. The van der Waals surface area contributed by atoms with Crippen molar-refractivity contribution in [2.75, 3.05) is 26.2 Å². The average molecular weight is 456 g/mol. The summed E-state index contributed by atoms with van der Waals surface area (Å²) >= 11 is 0. The zero-order valence-corrected chi connectivity index (χ0v) is 19.1. The number of nitrogens with one attached hydrogen (secondary N) is 2. The molecule has 0 spiro atoms. The maximum atomic E-state index is 14.1. The zero-order chi connectivity index (χ0) is 23.4. The van der Waals surface area contributed by atoms with Gasteiger partial charge in [0.2, 0.25) is 5.91 Å². The Morgan fingerprint density at radius 2 is 1.59 bits per heavy atom. The van der Waals surface area contributed by atoms with Crippen molar-refractivity contribution in [3.63, 3.8) is 0 Å². The lowest BCUT2D eigenvalue weighted by Gasteiger charge is -2.39. The first kappa shape index (κ1) is 22.0. The Morgan fingerprint density at radius 3 is 2.24 bits per heavy atom. The van der Waals surface area contributed by atoms with Crippen molar-refractivity contribution in [3.05, 3.63) is 95.6 Å². The lowest BCUT2D eigenvalue weighted by molar-refractivity contribution is -0.125. The summed E-state index contributed by atoms with van der Waals surface area (Å²) in [6.07, 6.45) is 2.37. The number of carbonyl (C=O) groups excluding carboxylic acids is 2. The number of hydrogen-bond acceptors (Lipinski definition) is 3. The molecule has 0 aliphatic carbocycles. The summed E-state index contributed by atoms with van der Waals surface area (Å²) in [5.74, 6) is 1.38. The number of benzene rings is 3. The Kier molecular flexibility index (Phi) is 6.21. The number of rotatable bonds is 8. The number of urea groups is 1. The van der Waals surface area contributed by atoms with Gasteiger partial charge < -0.3 is 20.3 Å². The van der Waals surface area contributed by atoms with Gasteiger partial charge in [-0.25, -0.2) is 4.79 Å². The number of hydrogen-bond donors (Lipinski definition) is 2. The predicted molar refractivity (Wildman–Crippen MR) is 131 cm³/mol. The van der Waals surface area contributed by atoms with E-state index in [1.54, 1.807) is 4.90 Å². The van der Waals surface area contributed by atoms with E-state index in [-0.39, 0.29) is 11.9 Å². The van der Waals surface area contributed by atoms with Gasteiger partial charge in [0.05, 0.1) is 0 Å². The summed E-state index contributed by atoms with van der Waals surface area (Å²) in [6, 6.07) is 25.9. The summed E-state index contributed by atoms with van der Waals surface area (Å²) in [4.78, 5) is 27.7. The van der Waals surface area contributed by atoms with Crippen LogP contribution in [0.5, 0.6) is 11.5 Å². The van der Waals surface area contributed by atoms with Gasteiger partial charge in [0.15, 0.2) is 0 Å². The Balaban J connectivity index is 1.46. The van der Waals surface area contributed by atoms with E-state index in [1.165, 1.54) is 5.56 Å². The van der Waals surface area contributed by atoms with E-state index >= 15 is 0 Å². The van der Waals surface area contributed by atoms with Gasteiger partial charge in [0.25, 0.3) is 0 Å². The summed E-state index contributed by atoms with van der Waals surface area (Å²) in [5.41, 5.74) is 2.16. The maximum Gasteiger partial charge on any atom is 0.317 e. The van der Waals surface area contributed by atoms with E-state index in [0.29, 0.717) is 32.6 Å². The summed E-state index contributed by atoms with van der Waals surface area (Å²) in [6.45, 7) is 2.19. The molecule has 1 saturated heterocycles. The second kappa shape index (κ2) is 9.59. The number of carbonyl (C=O) groups is 2. The molecule has 0 radical (unpaired) electrons. The molecule has 0 aromatic heterocycles. The van der Waals surface area contributed by atoms with Crippen molar-refractivity contribution >= 4 is 11.9 Å². The molecular formula is C28H29N3O3. The van der Waals surface area contributed by atoms with Crippen LogP contribution in [0, 0.1) is 0 Å². The Morgan fingerprint density at radius 1 is 0.941 bits per heavy atom. The van der Waals surface area contributed by atoms with Crippen molar-refractivity contribution in [2.45, 2.75) is 24.7 Å². The van der Waals surface area contributed by atoms with Crippen molar-refractivity contribution in [1.82, 2.24) is 15.5 Å². The number of fused-ring (bicyclic) bond motifs is 2. The molecule has 3 aromatic carbocycles. The highest BCUT2D eigenvalue weighted by Gasteiger charge is 2.47. The molecule has 2 heterocycles. The molecule has 0 saturated carbocycles. The van der Waals surface area contributed by atoms with Crippen molar-refractivity contribution < 1.29 is 14.3 Å². The molecule has 1 fully saturated rings. The fraction of sp³-hybridized carbons (Fsp3) is 0.286. The Bertz CT molecular complexity index is 1130. The van der Waals surface area contributed by atoms with Gasteiger partial charge in [0, 0.05) is 37.3 Å². The normalized spacial score (nSPS) is 15.6. The molecule has 3 aromatic rings. The first-order valence-corrected chi connectivity index (χ1v) is 11.9. The smallest absolute Gasteiger partial charge is 0.317 e. The first-order valence-electron chi connectivity index (χ1n) is 11.9. The van der Waals surface area contributed by atoms with Gasteiger partial charge in [-0.3, -0.25) is 4.79 Å². The molecule has 3 amide bonds. The standard InChI is InChI=1S/C28H29N3O3/c32-26(29-17-19-31-20-18-30-27(31)33)28(16-8-11-21-9-2-1-3-10-21)22-12-4-6-14-24(22)34-25-15-7-5-13-23(25)28/h1-7,9-10,12-15H,8,11,16-20H2,(H,29,32)(H,30,33). The molecular weight excluding hydrogens is 426 g/mol. The summed E-state index contributed by atoms with van der Waals surface area (Å²) in [5, 5.41) is 5.96. The molecule has 2 N–H and O–H groups in total. The van der Waals surface area contributed by atoms with Crippen LogP contribution in [0.2, 0.25) is 0 Å². The molecule has 0 bridgehead atoms. The fourth-order valence-electron chi connectivity index (χ4n) is 5.09. The number of nitrogens with zero attached hydrogens (tertiary/aromatic N) is 1. The topological polar surface area (TPSA) is 70.7 Å². The van der Waals surface area contributed by atoms with Gasteiger partial charge in [-0.1, -0.05) is 66.7 Å². The minimum absolute atomic E-state index is 0.0524. The SMILES string of the molecule is O=C1NCCN1CCNC(=O)C1(CCCc2ccccc2)c2ccccc2Oc2ccccc21. The molecule has 2 aliphatic rings. The number of aryl methyl sites for hydroxylation is 1. The summed E-state index contributed by atoms with van der Waals surface area (Å²) in [7, 11) is 0. The Hall–Kier alpha value is -3.80. The second-order valence-electron chi connectivity index (χ2n) is 8.81. The van der Waals surface area contributed by atoms with Gasteiger partial charge in [-0.15, -0.1) is 0 Å². The van der Waals surface area contributed by atoms with E-state index in [2.05, 4.69) is 22.8 Å². The summed E-state index contributed by atoms with van der Waals surface area (Å²) < 4.78 is 6.21. The van der Waals surface area contributed by atoms with E-state index < -0.39 is 5.41 Å². The van der Waals surface area contributed by atoms with Crippen LogP contribution in [-0.4, -0.2) is 43.0 Å². The molecule has 0 unspecified atom stereocenters. The quantitative estimate of drug-likeness (QED) is 0.534. The fourth-order valence-corrected chi connectivity index (χ4v) is 5.09. The van der Waals surface area contributed by atoms with Crippen LogP contribution in [0.3, 0.4) is 0 Å². The van der Waals surface area contributed by atoms with Crippen LogP contribution < -0.4 is 15.4 Å². The number of ether oxygens (including phenoxy) is 1.